The number of carbonyl (C=O) groups excluding carboxylic acids is 1. The maximum absolute atomic E-state index is 12.1. The lowest BCUT2D eigenvalue weighted by molar-refractivity contribution is -0.222. The zero-order valence-corrected chi connectivity index (χ0v) is 16.3. The molecule has 0 radical (unpaired) electrons. The van der Waals surface area contributed by atoms with Crippen LogP contribution in [0.3, 0.4) is 0 Å². The summed E-state index contributed by atoms with van der Waals surface area (Å²) < 4.78 is 22.5. The molecule has 0 aliphatic carbocycles. The molecule has 2 aliphatic rings. The first-order valence-corrected chi connectivity index (χ1v) is 9.32. The Bertz CT molecular complexity index is 667. The lowest BCUT2D eigenvalue weighted by Gasteiger charge is -2.28. The summed E-state index contributed by atoms with van der Waals surface area (Å²) in [7, 11) is 1.58. The Kier molecular flexibility index (Phi) is 6.41. The number of methoxy groups -OCH3 is 1. The van der Waals surface area contributed by atoms with Gasteiger partial charge in [-0.1, -0.05) is 0 Å². The topological polar surface area (TPSA) is 119 Å². The number of aliphatic hydroxyl groups excluding tert-OH is 2. The SMILES string of the molecule is COc1ccc(NC(=O)NCC[C@@H]2[C@H]3OC(C)(C)O[C@H]3O[C@@H]2[C@H](O)CO)cc1. The first-order valence-electron chi connectivity index (χ1n) is 9.32. The van der Waals surface area contributed by atoms with Crippen LogP contribution in [0.5, 0.6) is 5.75 Å². The Balaban J connectivity index is 1.52. The Morgan fingerprint density at radius 1 is 1.29 bits per heavy atom. The molecule has 5 atom stereocenters. The number of fused-ring (bicyclic) bond motifs is 1. The minimum absolute atomic E-state index is 0.227. The van der Waals surface area contributed by atoms with Crippen LogP contribution in [0.4, 0.5) is 10.5 Å². The summed E-state index contributed by atoms with van der Waals surface area (Å²) >= 11 is 0. The molecule has 2 saturated heterocycles. The second kappa shape index (κ2) is 8.62. The number of nitrogens with one attached hydrogen (secondary N) is 2. The van der Waals surface area contributed by atoms with E-state index in [1.165, 1.54) is 0 Å². The number of anilines is 1. The summed E-state index contributed by atoms with van der Waals surface area (Å²) in [4.78, 5) is 12.1. The molecule has 0 aromatic heterocycles. The van der Waals surface area contributed by atoms with Gasteiger partial charge >= 0.3 is 6.03 Å². The standard InChI is InChI=1S/C19H28N2O7/c1-19(2)27-16-13(15(14(23)10-22)26-17(16)28-19)8-9-20-18(24)21-11-4-6-12(25-3)7-5-11/h4-7,13-17,22-23H,8-10H2,1-3H3,(H2,20,21,24)/t13-,14+,15-,16+,17+/m0/s1. The number of carbonyl (C=O) groups is 1. The van der Waals surface area contributed by atoms with Gasteiger partial charge in [-0.2, -0.15) is 0 Å². The van der Waals surface area contributed by atoms with Gasteiger partial charge in [0.1, 0.15) is 18.0 Å². The predicted molar refractivity (Wildman–Crippen MR) is 99.9 cm³/mol. The van der Waals surface area contributed by atoms with Crippen LogP contribution in [0, 0.1) is 5.92 Å². The molecule has 9 nitrogen and oxygen atoms in total. The van der Waals surface area contributed by atoms with E-state index < -0.39 is 30.9 Å². The third-order valence-corrected chi connectivity index (χ3v) is 4.90. The first-order chi connectivity index (χ1) is 13.3. The number of amides is 2. The van der Waals surface area contributed by atoms with E-state index in [1.54, 1.807) is 45.2 Å². The molecular formula is C19H28N2O7. The van der Waals surface area contributed by atoms with E-state index in [0.29, 0.717) is 24.4 Å². The molecule has 1 aromatic rings. The third kappa shape index (κ3) is 4.73. The van der Waals surface area contributed by atoms with E-state index in [2.05, 4.69) is 10.6 Å². The molecule has 0 unspecified atom stereocenters. The van der Waals surface area contributed by atoms with Gasteiger partial charge < -0.3 is 39.8 Å². The van der Waals surface area contributed by atoms with Crippen molar-refractivity contribution in [3.63, 3.8) is 0 Å². The number of benzene rings is 1. The molecule has 28 heavy (non-hydrogen) atoms. The van der Waals surface area contributed by atoms with Crippen LogP contribution in [0.1, 0.15) is 20.3 Å². The maximum Gasteiger partial charge on any atom is 0.319 e. The summed E-state index contributed by atoms with van der Waals surface area (Å²) in [5.41, 5.74) is 0.644. The van der Waals surface area contributed by atoms with Crippen molar-refractivity contribution in [3.05, 3.63) is 24.3 Å². The van der Waals surface area contributed by atoms with Crippen molar-refractivity contribution in [1.82, 2.24) is 5.32 Å². The summed E-state index contributed by atoms with van der Waals surface area (Å²) in [6, 6.07) is 6.65. The van der Waals surface area contributed by atoms with Gasteiger partial charge in [-0.25, -0.2) is 4.79 Å². The molecule has 2 aliphatic heterocycles. The molecule has 2 amide bonds. The van der Waals surface area contributed by atoms with Crippen molar-refractivity contribution in [2.75, 3.05) is 25.6 Å². The van der Waals surface area contributed by atoms with Gasteiger partial charge in [0.2, 0.25) is 0 Å². The molecule has 3 rings (SSSR count). The predicted octanol–water partition coefficient (Wildman–Crippen LogP) is 1.05. The quantitative estimate of drug-likeness (QED) is 0.544. The monoisotopic (exact) mass is 396 g/mol. The van der Waals surface area contributed by atoms with Gasteiger partial charge in [-0.3, -0.25) is 0 Å². The van der Waals surface area contributed by atoms with Gasteiger partial charge in [0, 0.05) is 18.2 Å². The van der Waals surface area contributed by atoms with Crippen molar-refractivity contribution in [2.45, 2.75) is 50.7 Å². The maximum atomic E-state index is 12.1. The summed E-state index contributed by atoms with van der Waals surface area (Å²) in [5.74, 6) is -0.297. The fourth-order valence-corrected chi connectivity index (χ4v) is 3.61. The van der Waals surface area contributed by atoms with Gasteiger partial charge in [-0.05, 0) is 44.5 Å². The Morgan fingerprint density at radius 3 is 2.64 bits per heavy atom. The van der Waals surface area contributed by atoms with Gasteiger partial charge in [0.15, 0.2) is 12.1 Å². The minimum atomic E-state index is -1.04. The first kappa shape index (κ1) is 20.8. The Hall–Kier alpha value is -1.91. The largest absolute Gasteiger partial charge is 0.497 e. The Labute approximate surface area is 163 Å². The van der Waals surface area contributed by atoms with E-state index in [4.69, 9.17) is 18.9 Å². The zero-order valence-electron chi connectivity index (χ0n) is 16.3. The number of hydrogen-bond acceptors (Lipinski definition) is 7. The van der Waals surface area contributed by atoms with Crippen molar-refractivity contribution in [3.8, 4) is 5.75 Å². The normalized spacial score (nSPS) is 29.2. The van der Waals surface area contributed by atoms with Crippen LogP contribution < -0.4 is 15.4 Å². The molecule has 0 saturated carbocycles. The second-order valence-corrected chi connectivity index (χ2v) is 7.38. The minimum Gasteiger partial charge on any atom is -0.497 e. The molecule has 4 N–H and O–H groups in total. The van der Waals surface area contributed by atoms with Crippen LogP contribution in [0.15, 0.2) is 24.3 Å². The molecule has 2 fully saturated rings. The highest BCUT2D eigenvalue weighted by molar-refractivity contribution is 5.89. The highest BCUT2D eigenvalue weighted by Crippen LogP contribution is 2.42. The lowest BCUT2D eigenvalue weighted by Crippen LogP contribution is -2.41. The molecular weight excluding hydrogens is 368 g/mol. The second-order valence-electron chi connectivity index (χ2n) is 7.38. The fraction of sp³-hybridized carbons (Fsp3) is 0.632. The van der Waals surface area contributed by atoms with Gasteiger partial charge in [0.25, 0.3) is 0 Å². The van der Waals surface area contributed by atoms with Crippen molar-refractivity contribution in [2.24, 2.45) is 5.92 Å². The average molecular weight is 396 g/mol. The van der Waals surface area contributed by atoms with E-state index >= 15 is 0 Å². The molecule has 1 aromatic carbocycles. The summed E-state index contributed by atoms with van der Waals surface area (Å²) in [6.07, 6.45) is -2.13. The smallest absolute Gasteiger partial charge is 0.319 e. The average Bonchev–Trinajstić information content (AvgIpc) is 3.14. The van der Waals surface area contributed by atoms with Gasteiger partial charge in [0.05, 0.1) is 19.8 Å². The zero-order chi connectivity index (χ0) is 20.3. The number of rotatable bonds is 7. The van der Waals surface area contributed by atoms with Crippen molar-refractivity contribution >= 4 is 11.7 Å². The molecule has 9 heteroatoms. The van der Waals surface area contributed by atoms with Gasteiger partial charge in [-0.15, -0.1) is 0 Å². The fourth-order valence-electron chi connectivity index (χ4n) is 3.61. The van der Waals surface area contributed by atoms with E-state index in [1.807, 2.05) is 0 Å². The van der Waals surface area contributed by atoms with Crippen LogP contribution in [-0.2, 0) is 14.2 Å². The van der Waals surface area contributed by atoms with Crippen LogP contribution in [0.25, 0.3) is 0 Å². The number of hydrogen-bond donors (Lipinski definition) is 4. The van der Waals surface area contributed by atoms with Crippen LogP contribution in [0.2, 0.25) is 0 Å². The number of urea groups is 1. The lowest BCUT2D eigenvalue weighted by atomic mass is 9.91. The molecule has 156 valence electrons. The molecule has 2 heterocycles. The molecule has 0 spiro atoms. The summed E-state index contributed by atoms with van der Waals surface area (Å²) in [6.45, 7) is 3.51. The number of ether oxygens (including phenoxy) is 4. The van der Waals surface area contributed by atoms with Crippen molar-refractivity contribution in [1.29, 1.82) is 0 Å². The van der Waals surface area contributed by atoms with E-state index in [-0.39, 0.29) is 18.1 Å². The number of aliphatic hydroxyl groups is 2. The van der Waals surface area contributed by atoms with Crippen molar-refractivity contribution < 1.29 is 34.0 Å². The van der Waals surface area contributed by atoms with Crippen LogP contribution in [-0.4, -0.2) is 66.9 Å². The Morgan fingerprint density at radius 2 is 2.00 bits per heavy atom. The third-order valence-electron chi connectivity index (χ3n) is 4.90. The van der Waals surface area contributed by atoms with E-state index in [9.17, 15) is 15.0 Å². The molecule has 0 bridgehead atoms. The summed E-state index contributed by atoms with van der Waals surface area (Å²) in [5, 5.41) is 24.9. The highest BCUT2D eigenvalue weighted by Gasteiger charge is 2.55. The van der Waals surface area contributed by atoms with Crippen LogP contribution >= 0.6 is 0 Å². The van der Waals surface area contributed by atoms with E-state index in [0.717, 1.165) is 0 Å². The highest BCUT2D eigenvalue weighted by atomic mass is 16.8.